The van der Waals surface area contributed by atoms with Crippen molar-refractivity contribution in [2.75, 3.05) is 49.6 Å². The SMILES string of the molecule is CCc1cnn2c(NCc3ccc(OCCOC4CCNCC4)nc3)cc(N3CCCC(F)(F)C3)nc12. The molecule has 0 atom stereocenters. The first-order valence-electron chi connectivity index (χ1n) is 13.1. The maximum Gasteiger partial charge on any atom is 0.265 e. The van der Waals surface area contributed by atoms with Gasteiger partial charge < -0.3 is 25.0 Å². The number of piperidine rings is 2. The molecule has 0 amide bonds. The van der Waals surface area contributed by atoms with Gasteiger partial charge in [0.2, 0.25) is 5.88 Å². The third-order valence-corrected chi connectivity index (χ3v) is 6.87. The summed E-state index contributed by atoms with van der Waals surface area (Å²) in [6.45, 7) is 5.77. The van der Waals surface area contributed by atoms with E-state index in [2.05, 4.69) is 20.7 Å². The Hall–Kier alpha value is -3.05. The van der Waals surface area contributed by atoms with Crippen molar-refractivity contribution in [3.63, 3.8) is 0 Å². The van der Waals surface area contributed by atoms with Gasteiger partial charge >= 0.3 is 0 Å². The average molecular weight is 516 g/mol. The van der Waals surface area contributed by atoms with Crippen LogP contribution in [0.5, 0.6) is 5.88 Å². The van der Waals surface area contributed by atoms with E-state index in [1.165, 1.54) is 0 Å². The molecule has 2 N–H and O–H groups in total. The van der Waals surface area contributed by atoms with E-state index < -0.39 is 5.92 Å². The molecule has 3 aromatic heterocycles. The van der Waals surface area contributed by atoms with Crippen molar-refractivity contribution in [3.8, 4) is 5.88 Å². The summed E-state index contributed by atoms with van der Waals surface area (Å²) in [5, 5.41) is 11.2. The van der Waals surface area contributed by atoms with Crippen LogP contribution >= 0.6 is 0 Å². The number of halogens is 2. The number of hydrogen-bond donors (Lipinski definition) is 2. The summed E-state index contributed by atoms with van der Waals surface area (Å²) in [6.07, 6.45) is 7.03. The van der Waals surface area contributed by atoms with Crippen molar-refractivity contribution in [2.24, 2.45) is 0 Å². The van der Waals surface area contributed by atoms with E-state index in [0.29, 0.717) is 62.0 Å². The van der Waals surface area contributed by atoms with E-state index in [1.54, 1.807) is 27.9 Å². The Kier molecular flexibility index (Phi) is 7.99. The van der Waals surface area contributed by atoms with Gasteiger partial charge in [0.05, 0.1) is 25.5 Å². The highest BCUT2D eigenvalue weighted by Crippen LogP contribution is 2.31. The summed E-state index contributed by atoms with van der Waals surface area (Å²) in [6, 6.07) is 5.59. The monoisotopic (exact) mass is 515 g/mol. The summed E-state index contributed by atoms with van der Waals surface area (Å²) in [7, 11) is 0. The normalized spacial score (nSPS) is 18.3. The van der Waals surface area contributed by atoms with Gasteiger partial charge in [-0.25, -0.2) is 18.7 Å². The van der Waals surface area contributed by atoms with Crippen LogP contribution in [0.4, 0.5) is 20.4 Å². The van der Waals surface area contributed by atoms with Crippen LogP contribution in [0, 0.1) is 0 Å². The highest BCUT2D eigenvalue weighted by atomic mass is 19.3. The molecular formula is C26H35F2N7O2. The summed E-state index contributed by atoms with van der Waals surface area (Å²) in [5.74, 6) is -0.915. The van der Waals surface area contributed by atoms with Gasteiger partial charge in [0.15, 0.2) is 5.65 Å². The molecule has 0 unspecified atom stereocenters. The minimum atomic E-state index is -2.71. The Balaban J connectivity index is 1.21. The average Bonchev–Trinajstić information content (AvgIpc) is 3.34. The number of pyridine rings is 1. The predicted molar refractivity (Wildman–Crippen MR) is 138 cm³/mol. The van der Waals surface area contributed by atoms with Gasteiger partial charge in [-0.15, -0.1) is 0 Å². The van der Waals surface area contributed by atoms with Gasteiger partial charge in [-0.3, -0.25) is 0 Å². The van der Waals surface area contributed by atoms with Crippen LogP contribution < -0.4 is 20.3 Å². The molecule has 5 heterocycles. The molecule has 0 aliphatic carbocycles. The topological polar surface area (TPSA) is 88.8 Å². The van der Waals surface area contributed by atoms with Gasteiger partial charge in [0.25, 0.3) is 5.92 Å². The van der Waals surface area contributed by atoms with Gasteiger partial charge in [-0.1, -0.05) is 13.0 Å². The third-order valence-electron chi connectivity index (χ3n) is 6.87. The van der Waals surface area contributed by atoms with Crippen molar-refractivity contribution in [1.29, 1.82) is 0 Å². The number of nitrogens with zero attached hydrogens (tertiary/aromatic N) is 5. The molecule has 5 rings (SSSR count). The van der Waals surface area contributed by atoms with E-state index in [9.17, 15) is 8.78 Å². The minimum Gasteiger partial charge on any atom is -0.475 e. The second-order valence-corrected chi connectivity index (χ2v) is 9.67. The number of ether oxygens (including phenoxy) is 2. The molecule has 2 aliphatic heterocycles. The van der Waals surface area contributed by atoms with Gasteiger partial charge in [-0.05, 0) is 44.3 Å². The van der Waals surface area contributed by atoms with Crippen molar-refractivity contribution in [1.82, 2.24) is 24.9 Å². The smallest absolute Gasteiger partial charge is 0.265 e. The summed E-state index contributed by atoms with van der Waals surface area (Å²) < 4.78 is 41.5. The molecule has 0 bridgehead atoms. The Morgan fingerprint density at radius 3 is 2.81 bits per heavy atom. The Bertz CT molecular complexity index is 1170. The molecule has 9 nitrogen and oxygen atoms in total. The highest BCUT2D eigenvalue weighted by Gasteiger charge is 2.36. The molecule has 2 aliphatic rings. The first kappa shape index (κ1) is 25.6. The lowest BCUT2D eigenvalue weighted by Crippen LogP contribution is -2.43. The van der Waals surface area contributed by atoms with Gasteiger partial charge in [-0.2, -0.15) is 9.61 Å². The molecule has 200 valence electrons. The molecule has 37 heavy (non-hydrogen) atoms. The molecule has 0 aromatic carbocycles. The number of rotatable bonds is 10. The quantitative estimate of drug-likeness (QED) is 0.396. The third kappa shape index (κ3) is 6.45. The summed E-state index contributed by atoms with van der Waals surface area (Å²) >= 11 is 0. The number of aryl methyl sites for hydroxylation is 1. The van der Waals surface area contributed by atoms with Crippen LogP contribution in [0.25, 0.3) is 5.65 Å². The zero-order valence-corrected chi connectivity index (χ0v) is 21.3. The zero-order chi connectivity index (χ0) is 25.7. The molecular weight excluding hydrogens is 480 g/mol. The van der Waals surface area contributed by atoms with Crippen molar-refractivity contribution in [2.45, 2.75) is 57.6 Å². The van der Waals surface area contributed by atoms with Crippen molar-refractivity contribution < 1.29 is 18.3 Å². The van der Waals surface area contributed by atoms with Crippen LogP contribution in [0.1, 0.15) is 43.7 Å². The summed E-state index contributed by atoms with van der Waals surface area (Å²) in [5.41, 5.74) is 2.61. The van der Waals surface area contributed by atoms with Crippen LogP contribution in [0.3, 0.4) is 0 Å². The van der Waals surface area contributed by atoms with Crippen LogP contribution in [-0.4, -0.2) is 71.0 Å². The first-order valence-corrected chi connectivity index (χ1v) is 13.1. The Labute approximate surface area is 215 Å². The molecule has 2 saturated heterocycles. The fourth-order valence-corrected chi connectivity index (χ4v) is 4.81. The number of hydrogen-bond acceptors (Lipinski definition) is 8. The van der Waals surface area contributed by atoms with Crippen LogP contribution in [0.2, 0.25) is 0 Å². The van der Waals surface area contributed by atoms with Crippen LogP contribution in [-0.2, 0) is 17.7 Å². The number of nitrogens with one attached hydrogen (secondary N) is 2. The van der Waals surface area contributed by atoms with Crippen molar-refractivity contribution >= 4 is 17.3 Å². The van der Waals surface area contributed by atoms with Crippen LogP contribution in [0.15, 0.2) is 30.6 Å². The lowest BCUT2D eigenvalue weighted by molar-refractivity contribution is -0.0118. The van der Waals surface area contributed by atoms with E-state index >= 15 is 0 Å². The fraction of sp³-hybridized carbons (Fsp3) is 0.577. The lowest BCUT2D eigenvalue weighted by atomic mass is 10.1. The Morgan fingerprint density at radius 2 is 2.05 bits per heavy atom. The minimum absolute atomic E-state index is 0.0816. The predicted octanol–water partition coefficient (Wildman–Crippen LogP) is 3.68. The fourth-order valence-electron chi connectivity index (χ4n) is 4.81. The van der Waals surface area contributed by atoms with E-state index in [-0.39, 0.29) is 13.0 Å². The molecule has 0 spiro atoms. The van der Waals surface area contributed by atoms with E-state index in [0.717, 1.165) is 43.5 Å². The lowest BCUT2D eigenvalue weighted by Gasteiger charge is -2.33. The highest BCUT2D eigenvalue weighted by molar-refractivity contribution is 5.61. The first-order chi connectivity index (χ1) is 18.0. The Morgan fingerprint density at radius 1 is 1.19 bits per heavy atom. The number of fused-ring (bicyclic) bond motifs is 1. The molecule has 2 fully saturated rings. The maximum atomic E-state index is 14.1. The second-order valence-electron chi connectivity index (χ2n) is 9.67. The standard InChI is InChI=1S/C26H35F2N7O2/c1-2-20-17-32-35-22(14-23(33-25(20)35)34-11-3-8-26(27,28)18-34)30-15-19-4-5-24(31-16-19)37-13-12-36-21-6-9-29-10-7-21/h4-5,14,16-17,21,29-30H,2-3,6-13,15,18H2,1H3. The van der Waals surface area contributed by atoms with Crippen molar-refractivity contribution in [3.05, 3.63) is 41.7 Å². The maximum absolute atomic E-state index is 14.1. The van der Waals surface area contributed by atoms with Gasteiger partial charge in [0.1, 0.15) is 18.2 Å². The molecule has 0 saturated carbocycles. The second kappa shape index (κ2) is 11.6. The zero-order valence-electron chi connectivity index (χ0n) is 21.3. The van der Waals surface area contributed by atoms with Gasteiger partial charge in [0, 0.05) is 43.4 Å². The molecule has 11 heteroatoms. The summed E-state index contributed by atoms with van der Waals surface area (Å²) in [4.78, 5) is 10.8. The molecule has 3 aromatic rings. The molecule has 0 radical (unpaired) electrons. The largest absolute Gasteiger partial charge is 0.475 e. The number of anilines is 2. The number of aromatic nitrogens is 4. The van der Waals surface area contributed by atoms with E-state index in [4.69, 9.17) is 14.5 Å². The number of alkyl halides is 2. The van der Waals surface area contributed by atoms with E-state index in [1.807, 2.05) is 19.1 Å².